The SMILES string of the molecule is O=S(=O)(Oc1ccc2ccccc2c1-c1ccc2c(c1)C1(c3ccccc3-c3ccccc31)c1ccccc1-2)C(F)(F)F. The molecule has 6 aromatic carbocycles. The molecular weight excluding hydrogens is 569 g/mol. The molecule has 0 fully saturated rings. The molecule has 0 aromatic heterocycles. The Morgan fingerprint density at radius 2 is 1.07 bits per heavy atom. The van der Waals surface area contributed by atoms with Crippen molar-refractivity contribution in [3.63, 3.8) is 0 Å². The lowest BCUT2D eigenvalue weighted by Gasteiger charge is -2.30. The van der Waals surface area contributed by atoms with E-state index in [0.717, 1.165) is 49.9 Å². The van der Waals surface area contributed by atoms with E-state index in [1.165, 1.54) is 6.07 Å². The van der Waals surface area contributed by atoms with Crippen molar-refractivity contribution in [1.29, 1.82) is 0 Å². The minimum absolute atomic E-state index is 0.277. The molecule has 0 heterocycles. The number of alkyl halides is 3. The largest absolute Gasteiger partial charge is 0.534 e. The van der Waals surface area contributed by atoms with Crippen LogP contribution < -0.4 is 4.18 Å². The van der Waals surface area contributed by atoms with Crippen LogP contribution in [0.25, 0.3) is 44.2 Å². The maximum atomic E-state index is 13.5. The van der Waals surface area contributed by atoms with Crippen LogP contribution in [-0.4, -0.2) is 13.9 Å². The summed E-state index contributed by atoms with van der Waals surface area (Å²) in [4.78, 5) is 0. The van der Waals surface area contributed by atoms with Crippen molar-refractivity contribution in [2.24, 2.45) is 0 Å². The second kappa shape index (κ2) is 8.82. The molecule has 0 unspecified atom stereocenters. The van der Waals surface area contributed by atoms with E-state index in [2.05, 4.69) is 36.4 Å². The lowest BCUT2D eigenvalue weighted by atomic mass is 9.70. The second-order valence-electron chi connectivity index (χ2n) is 10.8. The summed E-state index contributed by atoms with van der Waals surface area (Å²) in [6, 6.07) is 40.7. The molecule has 210 valence electrons. The molecule has 43 heavy (non-hydrogen) atoms. The minimum atomic E-state index is -5.91. The number of halogens is 3. The van der Waals surface area contributed by atoms with Crippen LogP contribution in [0.2, 0.25) is 0 Å². The lowest BCUT2D eigenvalue weighted by molar-refractivity contribution is -0.0499. The number of hydrogen-bond acceptors (Lipinski definition) is 3. The summed E-state index contributed by atoms with van der Waals surface area (Å²) in [6.45, 7) is 0. The molecule has 0 radical (unpaired) electrons. The number of benzene rings is 6. The normalized spacial score (nSPS) is 14.3. The summed E-state index contributed by atoms with van der Waals surface area (Å²) in [5.74, 6) is -0.382. The fourth-order valence-corrected chi connectivity index (χ4v) is 7.50. The highest BCUT2D eigenvalue weighted by Crippen LogP contribution is 2.63. The average molecular weight is 591 g/mol. The minimum Gasteiger partial charge on any atom is -0.375 e. The fraction of sp³-hybridized carbons (Fsp3) is 0.0556. The molecule has 0 atom stereocenters. The van der Waals surface area contributed by atoms with Crippen LogP contribution in [0.15, 0.2) is 127 Å². The Hall–Kier alpha value is -4.88. The van der Waals surface area contributed by atoms with Crippen molar-refractivity contribution in [2.45, 2.75) is 10.9 Å². The van der Waals surface area contributed by atoms with Gasteiger partial charge in [0.05, 0.1) is 5.41 Å². The third-order valence-corrected chi connectivity index (χ3v) is 9.63. The van der Waals surface area contributed by atoms with Gasteiger partial charge in [-0.25, -0.2) is 0 Å². The Morgan fingerprint density at radius 3 is 1.65 bits per heavy atom. The third kappa shape index (κ3) is 3.45. The van der Waals surface area contributed by atoms with E-state index in [1.807, 2.05) is 66.7 Å². The van der Waals surface area contributed by atoms with Crippen LogP contribution in [0.4, 0.5) is 13.2 Å². The Bertz CT molecular complexity index is 2170. The first-order valence-corrected chi connectivity index (χ1v) is 15.1. The highest BCUT2D eigenvalue weighted by Gasteiger charge is 2.52. The summed E-state index contributed by atoms with van der Waals surface area (Å²) in [5, 5.41) is 1.32. The van der Waals surface area contributed by atoms with Crippen molar-refractivity contribution >= 4 is 20.9 Å². The van der Waals surface area contributed by atoms with Gasteiger partial charge in [0.15, 0.2) is 5.75 Å². The van der Waals surface area contributed by atoms with E-state index in [9.17, 15) is 21.6 Å². The molecule has 0 saturated heterocycles. The van der Waals surface area contributed by atoms with Crippen LogP contribution in [0.3, 0.4) is 0 Å². The quantitative estimate of drug-likeness (QED) is 0.152. The van der Waals surface area contributed by atoms with Gasteiger partial charge in [-0.3, -0.25) is 0 Å². The van der Waals surface area contributed by atoms with Gasteiger partial charge in [0.2, 0.25) is 0 Å². The topological polar surface area (TPSA) is 43.4 Å². The summed E-state index contributed by atoms with van der Waals surface area (Å²) < 4.78 is 69.6. The van der Waals surface area contributed by atoms with E-state index in [0.29, 0.717) is 10.9 Å². The molecule has 0 aliphatic heterocycles. The highest BCUT2D eigenvalue weighted by molar-refractivity contribution is 7.88. The highest BCUT2D eigenvalue weighted by atomic mass is 32.2. The van der Waals surface area contributed by atoms with Gasteiger partial charge >= 0.3 is 15.6 Å². The molecule has 3 nitrogen and oxygen atoms in total. The second-order valence-corrected chi connectivity index (χ2v) is 12.3. The maximum Gasteiger partial charge on any atom is 0.534 e. The van der Waals surface area contributed by atoms with Crippen molar-refractivity contribution in [3.8, 4) is 39.1 Å². The zero-order chi connectivity index (χ0) is 29.6. The first-order valence-electron chi connectivity index (χ1n) is 13.7. The summed E-state index contributed by atoms with van der Waals surface area (Å²) in [5.41, 5.74) is 3.25. The maximum absolute atomic E-state index is 13.5. The Kier molecular flexibility index (Phi) is 5.29. The molecule has 0 bridgehead atoms. The first kappa shape index (κ1) is 25.8. The van der Waals surface area contributed by atoms with E-state index in [1.54, 1.807) is 18.2 Å². The van der Waals surface area contributed by atoms with E-state index in [-0.39, 0.29) is 11.3 Å². The van der Waals surface area contributed by atoms with Gasteiger partial charge in [-0.2, -0.15) is 21.6 Å². The predicted molar refractivity (Wildman–Crippen MR) is 161 cm³/mol. The standard InChI is InChI=1S/C36H21F3O3S/c37-36(38,39)43(40,41)42-33-20-18-22-9-1-2-10-24(22)34(33)23-17-19-28-27-13-5-8-16-31(27)35(32(28)21-23)29-14-6-3-11-25(29)26-12-4-7-15-30(26)35/h1-21H. The lowest BCUT2D eigenvalue weighted by Crippen LogP contribution is -2.28. The number of rotatable bonds is 3. The van der Waals surface area contributed by atoms with Gasteiger partial charge < -0.3 is 4.18 Å². The Morgan fingerprint density at radius 1 is 0.558 bits per heavy atom. The van der Waals surface area contributed by atoms with Crippen LogP contribution >= 0.6 is 0 Å². The van der Waals surface area contributed by atoms with E-state index < -0.39 is 21.0 Å². The molecule has 2 aliphatic carbocycles. The van der Waals surface area contributed by atoms with Crippen molar-refractivity contribution in [3.05, 3.63) is 150 Å². The van der Waals surface area contributed by atoms with Crippen LogP contribution in [-0.2, 0) is 15.5 Å². The van der Waals surface area contributed by atoms with Gasteiger partial charge in [0, 0.05) is 5.56 Å². The first-order chi connectivity index (χ1) is 20.7. The number of fused-ring (bicyclic) bond motifs is 11. The van der Waals surface area contributed by atoms with Crippen molar-refractivity contribution in [2.75, 3.05) is 0 Å². The van der Waals surface area contributed by atoms with Crippen LogP contribution in [0.5, 0.6) is 5.75 Å². The van der Waals surface area contributed by atoms with E-state index in [4.69, 9.17) is 4.18 Å². The molecule has 7 heteroatoms. The summed E-state index contributed by atoms with van der Waals surface area (Å²) in [6.07, 6.45) is 0. The smallest absolute Gasteiger partial charge is 0.375 e. The molecule has 8 rings (SSSR count). The van der Waals surface area contributed by atoms with Gasteiger partial charge in [-0.15, -0.1) is 0 Å². The Labute approximate surface area is 246 Å². The van der Waals surface area contributed by atoms with Gasteiger partial charge in [0.1, 0.15) is 0 Å². The predicted octanol–water partition coefficient (Wildman–Crippen LogP) is 9.08. The monoisotopic (exact) mass is 590 g/mol. The molecule has 0 saturated carbocycles. The zero-order valence-corrected chi connectivity index (χ0v) is 23.2. The molecule has 1 spiro atoms. The van der Waals surface area contributed by atoms with Crippen LogP contribution in [0.1, 0.15) is 22.3 Å². The fourth-order valence-electron chi connectivity index (χ4n) is 7.03. The van der Waals surface area contributed by atoms with Gasteiger partial charge in [-0.1, -0.05) is 115 Å². The number of hydrogen-bond donors (Lipinski definition) is 0. The average Bonchev–Trinajstić information content (AvgIpc) is 3.47. The summed E-state index contributed by atoms with van der Waals surface area (Å²) >= 11 is 0. The molecule has 0 N–H and O–H groups in total. The zero-order valence-electron chi connectivity index (χ0n) is 22.4. The van der Waals surface area contributed by atoms with E-state index >= 15 is 0 Å². The van der Waals surface area contributed by atoms with Crippen molar-refractivity contribution < 1.29 is 25.8 Å². The molecule has 6 aromatic rings. The molecule has 2 aliphatic rings. The summed E-state index contributed by atoms with van der Waals surface area (Å²) in [7, 11) is -5.91. The third-order valence-electron chi connectivity index (χ3n) is 8.66. The Balaban J connectivity index is 1.45. The van der Waals surface area contributed by atoms with Gasteiger partial charge in [-0.05, 0) is 73.0 Å². The molecular formula is C36H21F3O3S. The van der Waals surface area contributed by atoms with Crippen molar-refractivity contribution in [1.82, 2.24) is 0 Å². The van der Waals surface area contributed by atoms with Crippen LogP contribution in [0, 0.1) is 0 Å². The van der Waals surface area contributed by atoms with Gasteiger partial charge in [0.25, 0.3) is 0 Å². The molecule has 0 amide bonds.